The Bertz CT molecular complexity index is 603. The first-order valence-electron chi connectivity index (χ1n) is 6.44. The third-order valence-corrected chi connectivity index (χ3v) is 5.25. The smallest absolute Gasteiger partial charge is 0.310 e. The van der Waals surface area contributed by atoms with Gasteiger partial charge in [0.05, 0.1) is 18.1 Å². The fourth-order valence-electron chi connectivity index (χ4n) is 2.55. The third-order valence-electron chi connectivity index (χ3n) is 3.39. The van der Waals surface area contributed by atoms with E-state index >= 15 is 0 Å². The Balaban J connectivity index is 1.72. The number of aliphatic carboxylic acids is 1. The number of carboxylic acid groups (broad SMARTS) is 1. The summed E-state index contributed by atoms with van der Waals surface area (Å²) in [6, 6.07) is 0. The lowest BCUT2D eigenvalue weighted by Gasteiger charge is -2.20. The lowest BCUT2D eigenvalue weighted by molar-refractivity contribution is -0.145. The largest absolute Gasteiger partial charge is 0.481 e. The second-order valence-corrected chi connectivity index (χ2v) is 7.12. The van der Waals surface area contributed by atoms with E-state index in [-0.39, 0.29) is 5.91 Å². The van der Waals surface area contributed by atoms with Crippen LogP contribution in [0, 0.1) is 11.8 Å². The van der Waals surface area contributed by atoms with Gasteiger partial charge in [-0.05, 0) is 5.75 Å². The number of ether oxygens (including phenoxy) is 1. The summed E-state index contributed by atoms with van der Waals surface area (Å²) in [6.45, 7) is 2.00. The average Bonchev–Trinajstić information content (AvgIpc) is 3.13. The van der Waals surface area contributed by atoms with Crippen molar-refractivity contribution >= 4 is 40.1 Å². The van der Waals surface area contributed by atoms with Gasteiger partial charge in [-0.3, -0.25) is 9.59 Å². The number of nitrogens with one attached hydrogen (secondary N) is 1. The quantitative estimate of drug-likeness (QED) is 0.476. The van der Waals surface area contributed by atoms with Crippen LogP contribution >= 0.6 is 23.1 Å². The molecule has 0 unspecified atom stereocenters. The highest BCUT2D eigenvalue weighted by molar-refractivity contribution is 8.01. The van der Waals surface area contributed by atoms with Crippen molar-refractivity contribution < 1.29 is 19.4 Å². The molecule has 0 saturated carbocycles. The first kappa shape index (κ1) is 14.5. The number of carbonyl (C=O) groups is 2. The number of hydrogen-bond acceptors (Lipinski definition) is 7. The van der Waals surface area contributed by atoms with Crippen LogP contribution < -0.4 is 5.32 Å². The molecule has 0 aromatic carbocycles. The van der Waals surface area contributed by atoms with Crippen molar-refractivity contribution in [2.75, 3.05) is 11.1 Å². The SMILES string of the molecule is CCSc1nnc(NC(=O)[C@@H]2[C@H](C(=O)O)[C@H]3C=C[C@H]2O3)s1. The van der Waals surface area contributed by atoms with Crippen molar-refractivity contribution in [3.05, 3.63) is 12.2 Å². The van der Waals surface area contributed by atoms with E-state index in [0.29, 0.717) is 5.13 Å². The highest BCUT2D eigenvalue weighted by Gasteiger charge is 2.53. The van der Waals surface area contributed by atoms with E-state index in [4.69, 9.17) is 4.74 Å². The Hall–Kier alpha value is -1.45. The zero-order valence-electron chi connectivity index (χ0n) is 11.1. The Morgan fingerprint density at radius 2 is 2.10 bits per heavy atom. The predicted octanol–water partition coefficient (Wildman–Crippen LogP) is 1.24. The van der Waals surface area contributed by atoms with Gasteiger partial charge in [0.15, 0.2) is 4.34 Å². The summed E-state index contributed by atoms with van der Waals surface area (Å²) in [6.07, 6.45) is 2.44. The van der Waals surface area contributed by atoms with Gasteiger partial charge in [0.1, 0.15) is 5.92 Å². The molecule has 3 rings (SSSR count). The molecule has 0 spiro atoms. The number of rotatable bonds is 5. The van der Waals surface area contributed by atoms with E-state index in [1.54, 1.807) is 12.2 Å². The molecule has 1 aromatic heterocycles. The topological polar surface area (TPSA) is 101 Å². The number of carbonyl (C=O) groups excluding carboxylic acids is 1. The van der Waals surface area contributed by atoms with Crippen molar-refractivity contribution in [3.8, 4) is 0 Å². The molecule has 0 aliphatic carbocycles. The Kier molecular flexibility index (Phi) is 3.96. The van der Waals surface area contributed by atoms with Gasteiger partial charge in [0, 0.05) is 0 Å². The highest BCUT2D eigenvalue weighted by atomic mass is 32.2. The van der Waals surface area contributed by atoms with Gasteiger partial charge in [0.2, 0.25) is 11.0 Å². The van der Waals surface area contributed by atoms with Crippen molar-refractivity contribution in [1.82, 2.24) is 10.2 Å². The third kappa shape index (κ3) is 2.68. The van der Waals surface area contributed by atoms with E-state index in [1.165, 1.54) is 23.1 Å². The molecular weight excluding hydrogens is 314 g/mol. The summed E-state index contributed by atoms with van der Waals surface area (Å²) in [7, 11) is 0. The molecule has 3 heterocycles. The van der Waals surface area contributed by atoms with Crippen LogP contribution in [-0.2, 0) is 14.3 Å². The number of anilines is 1. The molecule has 2 bridgehead atoms. The summed E-state index contributed by atoms with van der Waals surface area (Å²) in [4.78, 5) is 23.7. The monoisotopic (exact) mass is 327 g/mol. The summed E-state index contributed by atoms with van der Waals surface area (Å²) in [5.74, 6) is -2.12. The number of fused-ring (bicyclic) bond motifs is 2. The molecule has 21 heavy (non-hydrogen) atoms. The molecule has 1 amide bonds. The standard InChI is InChI=1S/C12H13N3O4S2/c1-2-20-12-15-14-11(21-12)13-9(16)7-5-3-4-6(19-5)8(7)10(17)18/h3-8H,2H2,1H3,(H,17,18)(H,13,14,16)/t5-,6-,7+,8-/m1/s1. The summed E-state index contributed by atoms with van der Waals surface area (Å²) >= 11 is 2.81. The van der Waals surface area contributed by atoms with E-state index in [0.717, 1.165) is 10.1 Å². The molecule has 2 aliphatic rings. The van der Waals surface area contributed by atoms with Gasteiger partial charge < -0.3 is 15.2 Å². The van der Waals surface area contributed by atoms with Crippen LogP contribution in [0.5, 0.6) is 0 Å². The van der Waals surface area contributed by atoms with E-state index in [2.05, 4.69) is 15.5 Å². The first-order valence-corrected chi connectivity index (χ1v) is 8.24. The molecule has 2 aliphatic heterocycles. The lowest BCUT2D eigenvalue weighted by Crippen LogP contribution is -2.39. The number of carboxylic acids is 1. The first-order chi connectivity index (χ1) is 10.1. The molecule has 4 atom stereocenters. The van der Waals surface area contributed by atoms with Crippen LogP contribution in [0.3, 0.4) is 0 Å². The molecule has 1 aromatic rings. The van der Waals surface area contributed by atoms with Crippen molar-refractivity contribution in [3.63, 3.8) is 0 Å². The van der Waals surface area contributed by atoms with Crippen molar-refractivity contribution in [2.45, 2.75) is 23.5 Å². The zero-order chi connectivity index (χ0) is 15.0. The predicted molar refractivity (Wildman–Crippen MR) is 77.4 cm³/mol. The maximum atomic E-state index is 12.3. The van der Waals surface area contributed by atoms with E-state index in [9.17, 15) is 14.7 Å². The molecule has 0 radical (unpaired) electrons. The molecule has 1 fully saturated rings. The Morgan fingerprint density at radius 1 is 1.38 bits per heavy atom. The number of amides is 1. The number of thioether (sulfide) groups is 1. The van der Waals surface area contributed by atoms with Gasteiger partial charge in [0.25, 0.3) is 0 Å². The van der Waals surface area contributed by atoms with Gasteiger partial charge >= 0.3 is 5.97 Å². The molecule has 112 valence electrons. The fourth-order valence-corrected chi connectivity index (χ4v) is 4.20. The summed E-state index contributed by atoms with van der Waals surface area (Å²) in [5, 5.41) is 20.1. The maximum absolute atomic E-state index is 12.3. The summed E-state index contributed by atoms with van der Waals surface area (Å²) < 4.78 is 6.24. The molecule has 9 heteroatoms. The Labute approximate surface area is 128 Å². The van der Waals surface area contributed by atoms with E-state index < -0.39 is 30.0 Å². The normalized spacial score (nSPS) is 29.8. The zero-order valence-corrected chi connectivity index (χ0v) is 12.7. The maximum Gasteiger partial charge on any atom is 0.310 e. The van der Waals surface area contributed by atoms with Gasteiger partial charge in [-0.15, -0.1) is 10.2 Å². The Morgan fingerprint density at radius 3 is 2.76 bits per heavy atom. The molecule has 7 nitrogen and oxygen atoms in total. The minimum absolute atomic E-state index is 0.381. The molecular formula is C12H13N3O4S2. The average molecular weight is 327 g/mol. The van der Waals surface area contributed by atoms with Crippen LogP contribution in [0.25, 0.3) is 0 Å². The van der Waals surface area contributed by atoms with Gasteiger partial charge in [-0.1, -0.05) is 42.2 Å². The summed E-state index contributed by atoms with van der Waals surface area (Å²) in [5.41, 5.74) is 0. The van der Waals surface area contributed by atoms with Gasteiger partial charge in [-0.25, -0.2) is 0 Å². The second kappa shape index (κ2) is 5.74. The highest BCUT2D eigenvalue weighted by Crippen LogP contribution is 2.40. The van der Waals surface area contributed by atoms with Crippen LogP contribution in [0.2, 0.25) is 0 Å². The number of aromatic nitrogens is 2. The van der Waals surface area contributed by atoms with E-state index in [1.807, 2.05) is 6.92 Å². The minimum atomic E-state index is -1.02. The minimum Gasteiger partial charge on any atom is -0.481 e. The van der Waals surface area contributed by atoms with Crippen molar-refractivity contribution in [1.29, 1.82) is 0 Å². The number of nitrogens with zero attached hydrogens (tertiary/aromatic N) is 2. The lowest BCUT2D eigenvalue weighted by atomic mass is 9.82. The molecule has 1 saturated heterocycles. The second-order valence-electron chi connectivity index (χ2n) is 4.64. The van der Waals surface area contributed by atoms with Gasteiger partial charge in [-0.2, -0.15) is 0 Å². The van der Waals surface area contributed by atoms with Crippen molar-refractivity contribution in [2.24, 2.45) is 11.8 Å². The van der Waals surface area contributed by atoms with Crippen LogP contribution in [0.15, 0.2) is 16.5 Å². The van der Waals surface area contributed by atoms with Crippen LogP contribution in [-0.4, -0.2) is 45.1 Å². The van der Waals surface area contributed by atoms with Crippen LogP contribution in [0.4, 0.5) is 5.13 Å². The number of hydrogen-bond donors (Lipinski definition) is 2. The molecule has 2 N–H and O–H groups in total. The van der Waals surface area contributed by atoms with Crippen LogP contribution in [0.1, 0.15) is 6.92 Å². The fraction of sp³-hybridized carbons (Fsp3) is 0.500.